The summed E-state index contributed by atoms with van der Waals surface area (Å²) in [5.41, 5.74) is 6.38. The summed E-state index contributed by atoms with van der Waals surface area (Å²) in [4.78, 5) is 4.76. The van der Waals surface area contributed by atoms with Crippen LogP contribution >= 0.6 is 24.0 Å². The van der Waals surface area contributed by atoms with Gasteiger partial charge in [0.25, 0.3) is 0 Å². The third kappa shape index (κ3) is 3.83. The Morgan fingerprint density at radius 2 is 2.16 bits per heavy atom. The maximum absolute atomic E-state index is 5.56. The Labute approximate surface area is 124 Å². The van der Waals surface area contributed by atoms with Crippen LogP contribution in [0.1, 0.15) is 37.7 Å². The SMILES string of the molecule is CSC1(CNc2ccc(C(N)=S)cn2)CCCCC1. The zero-order valence-electron chi connectivity index (χ0n) is 11.3. The molecule has 0 aromatic carbocycles. The summed E-state index contributed by atoms with van der Waals surface area (Å²) in [6.07, 6.45) is 10.6. The zero-order chi connectivity index (χ0) is 13.7. The second-order valence-corrected chi connectivity index (χ2v) is 6.81. The monoisotopic (exact) mass is 295 g/mol. The van der Waals surface area contributed by atoms with Crippen molar-refractivity contribution in [2.45, 2.75) is 36.9 Å². The Balaban J connectivity index is 1.95. The van der Waals surface area contributed by atoms with Crippen molar-refractivity contribution in [3.63, 3.8) is 0 Å². The van der Waals surface area contributed by atoms with E-state index in [0.29, 0.717) is 9.74 Å². The van der Waals surface area contributed by atoms with Gasteiger partial charge in [-0.25, -0.2) is 4.98 Å². The van der Waals surface area contributed by atoms with Crippen LogP contribution in [0.15, 0.2) is 18.3 Å². The van der Waals surface area contributed by atoms with Gasteiger partial charge < -0.3 is 11.1 Å². The Morgan fingerprint density at radius 3 is 2.68 bits per heavy atom. The predicted molar refractivity (Wildman–Crippen MR) is 87.9 cm³/mol. The first-order valence-corrected chi connectivity index (χ1v) is 8.33. The molecule has 0 bridgehead atoms. The molecule has 1 saturated carbocycles. The molecule has 1 aromatic rings. The number of rotatable bonds is 5. The van der Waals surface area contributed by atoms with E-state index >= 15 is 0 Å². The van der Waals surface area contributed by atoms with Crippen molar-refractivity contribution in [3.05, 3.63) is 23.9 Å². The first kappa shape index (κ1) is 14.6. The van der Waals surface area contributed by atoms with Gasteiger partial charge in [-0.1, -0.05) is 31.5 Å². The van der Waals surface area contributed by atoms with Crippen LogP contribution in [0.3, 0.4) is 0 Å². The molecule has 1 aromatic heterocycles. The highest BCUT2D eigenvalue weighted by Gasteiger charge is 2.30. The van der Waals surface area contributed by atoms with Crippen LogP contribution in [-0.4, -0.2) is 27.5 Å². The number of thioether (sulfide) groups is 1. The normalized spacial score (nSPS) is 17.9. The molecule has 3 N–H and O–H groups in total. The molecule has 2 rings (SSSR count). The van der Waals surface area contributed by atoms with Gasteiger partial charge in [-0.05, 0) is 31.2 Å². The molecule has 0 unspecified atom stereocenters. The van der Waals surface area contributed by atoms with Crippen LogP contribution in [0.4, 0.5) is 5.82 Å². The molecule has 104 valence electrons. The molecule has 1 aliphatic rings. The Morgan fingerprint density at radius 1 is 1.42 bits per heavy atom. The predicted octanol–water partition coefficient (Wildman–Crippen LogP) is 3.19. The number of aromatic nitrogens is 1. The van der Waals surface area contributed by atoms with Gasteiger partial charge in [-0.3, -0.25) is 0 Å². The van der Waals surface area contributed by atoms with Gasteiger partial charge in [0.15, 0.2) is 0 Å². The molecule has 0 radical (unpaired) electrons. The number of nitrogens with two attached hydrogens (primary N) is 1. The number of hydrogen-bond acceptors (Lipinski definition) is 4. The average molecular weight is 295 g/mol. The molecule has 1 heterocycles. The lowest BCUT2D eigenvalue weighted by atomic mass is 9.88. The summed E-state index contributed by atoms with van der Waals surface area (Å²) in [5, 5.41) is 3.46. The van der Waals surface area contributed by atoms with E-state index in [2.05, 4.69) is 16.6 Å². The molecular formula is C14H21N3S2. The topological polar surface area (TPSA) is 50.9 Å². The van der Waals surface area contributed by atoms with Gasteiger partial charge in [0.1, 0.15) is 10.8 Å². The van der Waals surface area contributed by atoms with E-state index < -0.39 is 0 Å². The maximum Gasteiger partial charge on any atom is 0.125 e. The number of hydrogen-bond donors (Lipinski definition) is 2. The van der Waals surface area contributed by atoms with Crippen molar-refractivity contribution in [3.8, 4) is 0 Å². The maximum atomic E-state index is 5.56. The number of anilines is 1. The lowest BCUT2D eigenvalue weighted by Gasteiger charge is -2.36. The molecule has 1 fully saturated rings. The molecular weight excluding hydrogens is 274 g/mol. The highest BCUT2D eigenvalue weighted by molar-refractivity contribution is 8.00. The Hall–Kier alpha value is -0.810. The second-order valence-electron chi connectivity index (χ2n) is 5.10. The highest BCUT2D eigenvalue weighted by Crippen LogP contribution is 2.38. The van der Waals surface area contributed by atoms with Crippen LogP contribution in [-0.2, 0) is 0 Å². The Kier molecular flexibility index (Phi) is 5.05. The van der Waals surface area contributed by atoms with Gasteiger partial charge in [-0.15, -0.1) is 0 Å². The first-order valence-electron chi connectivity index (χ1n) is 6.70. The van der Waals surface area contributed by atoms with E-state index in [0.717, 1.165) is 17.9 Å². The lowest BCUT2D eigenvalue weighted by molar-refractivity contribution is 0.411. The number of pyridine rings is 1. The van der Waals surface area contributed by atoms with E-state index in [-0.39, 0.29) is 0 Å². The molecule has 0 spiro atoms. The van der Waals surface area contributed by atoms with Crippen molar-refractivity contribution in [2.75, 3.05) is 18.1 Å². The third-order valence-corrected chi connectivity index (χ3v) is 5.49. The summed E-state index contributed by atoms with van der Waals surface area (Å²) >= 11 is 6.91. The summed E-state index contributed by atoms with van der Waals surface area (Å²) in [6, 6.07) is 3.87. The average Bonchev–Trinajstić information content (AvgIpc) is 2.46. The molecule has 5 heteroatoms. The summed E-state index contributed by atoms with van der Waals surface area (Å²) in [5.74, 6) is 0.902. The fourth-order valence-corrected chi connectivity index (χ4v) is 3.58. The van der Waals surface area contributed by atoms with Crippen LogP contribution in [0.5, 0.6) is 0 Å². The molecule has 3 nitrogen and oxygen atoms in total. The molecule has 19 heavy (non-hydrogen) atoms. The summed E-state index contributed by atoms with van der Waals surface area (Å²) in [6.45, 7) is 0.980. The van der Waals surface area contributed by atoms with Crippen molar-refractivity contribution in [1.29, 1.82) is 0 Å². The number of nitrogens with zero attached hydrogens (tertiary/aromatic N) is 1. The third-order valence-electron chi connectivity index (χ3n) is 3.84. The number of nitrogens with one attached hydrogen (secondary N) is 1. The zero-order valence-corrected chi connectivity index (χ0v) is 12.9. The van der Waals surface area contributed by atoms with Crippen molar-refractivity contribution in [1.82, 2.24) is 4.98 Å². The van der Waals surface area contributed by atoms with E-state index in [1.165, 1.54) is 32.1 Å². The van der Waals surface area contributed by atoms with Gasteiger partial charge in [0.05, 0.1) is 0 Å². The fourth-order valence-electron chi connectivity index (χ4n) is 2.55. The Bertz CT molecular complexity index is 425. The van der Waals surface area contributed by atoms with Gasteiger partial charge in [-0.2, -0.15) is 11.8 Å². The first-order chi connectivity index (χ1) is 9.15. The van der Waals surface area contributed by atoms with Gasteiger partial charge in [0.2, 0.25) is 0 Å². The van der Waals surface area contributed by atoms with Crippen molar-refractivity contribution < 1.29 is 0 Å². The van der Waals surface area contributed by atoms with Crippen molar-refractivity contribution >= 4 is 34.8 Å². The largest absolute Gasteiger partial charge is 0.389 e. The lowest BCUT2D eigenvalue weighted by Crippen LogP contribution is -2.35. The minimum absolute atomic E-state index is 0.377. The van der Waals surface area contributed by atoms with Crippen LogP contribution in [0.25, 0.3) is 0 Å². The van der Waals surface area contributed by atoms with Gasteiger partial charge in [0, 0.05) is 23.1 Å². The van der Waals surface area contributed by atoms with E-state index in [4.69, 9.17) is 18.0 Å². The van der Waals surface area contributed by atoms with Crippen LogP contribution in [0.2, 0.25) is 0 Å². The van der Waals surface area contributed by atoms with Gasteiger partial charge >= 0.3 is 0 Å². The molecule has 1 aliphatic carbocycles. The van der Waals surface area contributed by atoms with E-state index in [9.17, 15) is 0 Å². The fraction of sp³-hybridized carbons (Fsp3) is 0.571. The molecule has 0 saturated heterocycles. The number of thiocarbonyl (C=S) groups is 1. The summed E-state index contributed by atoms with van der Waals surface area (Å²) < 4.78 is 0.377. The summed E-state index contributed by atoms with van der Waals surface area (Å²) in [7, 11) is 0. The quantitative estimate of drug-likeness (QED) is 0.817. The van der Waals surface area contributed by atoms with E-state index in [1.807, 2.05) is 23.9 Å². The van der Waals surface area contributed by atoms with E-state index in [1.54, 1.807) is 6.20 Å². The van der Waals surface area contributed by atoms with Crippen LogP contribution in [0, 0.1) is 0 Å². The van der Waals surface area contributed by atoms with Crippen LogP contribution < -0.4 is 11.1 Å². The minimum atomic E-state index is 0.377. The highest BCUT2D eigenvalue weighted by atomic mass is 32.2. The standard InChI is InChI=1S/C14H21N3S2/c1-19-14(7-3-2-4-8-14)10-17-12-6-5-11(9-16-12)13(15)18/h5-6,9H,2-4,7-8,10H2,1H3,(H2,15,18)(H,16,17). The minimum Gasteiger partial charge on any atom is -0.389 e. The molecule has 0 amide bonds. The smallest absolute Gasteiger partial charge is 0.125 e. The molecule has 0 atom stereocenters. The van der Waals surface area contributed by atoms with Crippen molar-refractivity contribution in [2.24, 2.45) is 5.73 Å². The molecule has 0 aliphatic heterocycles. The second kappa shape index (κ2) is 6.57.